The van der Waals surface area contributed by atoms with Gasteiger partial charge in [0.1, 0.15) is 5.10 Å². The Morgan fingerprint density at radius 2 is 2.54 bits per heavy atom. The predicted octanol–water partition coefficient (Wildman–Crippen LogP) is -1.66. The summed E-state index contributed by atoms with van der Waals surface area (Å²) in [5.41, 5.74) is 6.76. The molecule has 0 unspecified atom stereocenters. The Labute approximate surface area is 73.8 Å². The molecule has 13 heavy (non-hydrogen) atoms. The van der Waals surface area contributed by atoms with E-state index in [1.807, 2.05) is 0 Å². The largest absolute Gasteiger partial charge is 0.383 e. The summed E-state index contributed by atoms with van der Waals surface area (Å²) < 4.78 is 4.66. The van der Waals surface area contributed by atoms with Gasteiger partial charge in [-0.1, -0.05) is 0 Å². The van der Waals surface area contributed by atoms with Crippen LogP contribution in [-0.2, 0) is 4.74 Å². The van der Waals surface area contributed by atoms with Crippen LogP contribution in [0.2, 0.25) is 0 Å². The summed E-state index contributed by atoms with van der Waals surface area (Å²) in [5.74, 6) is -0.454. The number of nitrogens with zero attached hydrogens (tertiary/aromatic N) is 3. The monoisotopic (exact) mass is 193 g/mol. The first-order valence-corrected chi connectivity index (χ1v) is 3.26. The van der Waals surface area contributed by atoms with Crippen LogP contribution in [0.5, 0.6) is 0 Å². The molecule has 0 aromatic heterocycles. The Bertz CT molecular complexity index is 195. The van der Waals surface area contributed by atoms with Crippen LogP contribution in [0.25, 0.3) is 0 Å². The maximum absolute atomic E-state index is 9.87. The fourth-order valence-corrected chi connectivity index (χ4v) is 0.536. The summed E-state index contributed by atoms with van der Waals surface area (Å²) in [5, 5.41) is 21.0. The first kappa shape index (κ1) is 11.6. The molecule has 0 saturated carbocycles. The molecule has 0 aliphatic rings. The molecular formula is C4H11N5O4. The molecule has 0 aliphatic heterocycles. The van der Waals surface area contributed by atoms with Crippen molar-refractivity contribution in [3.63, 3.8) is 0 Å². The zero-order valence-electron chi connectivity index (χ0n) is 7.01. The second kappa shape index (κ2) is 6.11. The Hall–Kier alpha value is -1.45. The van der Waals surface area contributed by atoms with Crippen molar-refractivity contribution in [2.45, 2.75) is 0 Å². The van der Waals surface area contributed by atoms with Crippen LogP contribution in [0.4, 0.5) is 0 Å². The van der Waals surface area contributed by atoms with Gasteiger partial charge in [0.15, 0.2) is 5.03 Å². The van der Waals surface area contributed by atoms with Crippen LogP contribution < -0.4 is 11.3 Å². The van der Waals surface area contributed by atoms with Gasteiger partial charge in [-0.25, -0.2) is 15.1 Å². The summed E-state index contributed by atoms with van der Waals surface area (Å²) in [6.45, 7) is 0.373. The van der Waals surface area contributed by atoms with Crippen LogP contribution >= 0.6 is 0 Å². The van der Waals surface area contributed by atoms with E-state index in [-0.39, 0.29) is 13.2 Å². The second-order valence-electron chi connectivity index (χ2n) is 1.94. The number of hydrogen-bond donors (Lipinski definition) is 3. The molecule has 0 radical (unpaired) electrons. The minimum Gasteiger partial charge on any atom is -0.383 e. The van der Waals surface area contributed by atoms with Crippen LogP contribution in [0, 0.1) is 10.1 Å². The Balaban J connectivity index is 4.13. The third-order valence-electron chi connectivity index (χ3n) is 1.10. The quantitative estimate of drug-likeness (QED) is 0.206. The zero-order valence-corrected chi connectivity index (χ0v) is 7.01. The third kappa shape index (κ3) is 4.90. The Morgan fingerprint density at radius 1 is 1.92 bits per heavy atom. The van der Waals surface area contributed by atoms with Gasteiger partial charge < -0.3 is 10.5 Å². The minimum absolute atomic E-state index is 0.135. The zero-order chi connectivity index (χ0) is 10.3. The third-order valence-corrected chi connectivity index (χ3v) is 1.10. The highest BCUT2D eigenvalue weighted by molar-refractivity contribution is 5.76. The lowest BCUT2D eigenvalue weighted by atomic mass is 10.6. The van der Waals surface area contributed by atoms with E-state index < -0.39 is 11.0 Å². The van der Waals surface area contributed by atoms with Crippen molar-refractivity contribution in [1.29, 1.82) is 0 Å². The fraction of sp³-hybridized carbons (Fsp3) is 0.750. The van der Waals surface area contributed by atoms with Crippen molar-refractivity contribution in [2.24, 2.45) is 10.8 Å². The molecule has 0 spiro atoms. The highest BCUT2D eigenvalue weighted by atomic mass is 16.7. The number of guanidine groups is 1. The number of nitrogens with one attached hydrogen (secondary N) is 1. The molecule has 0 fully saturated rings. The van der Waals surface area contributed by atoms with Crippen LogP contribution in [-0.4, -0.2) is 41.5 Å². The van der Waals surface area contributed by atoms with Crippen molar-refractivity contribution in [1.82, 2.24) is 10.6 Å². The minimum atomic E-state index is -0.966. The van der Waals surface area contributed by atoms with Gasteiger partial charge >= 0.3 is 0 Å². The maximum atomic E-state index is 9.87. The van der Waals surface area contributed by atoms with Crippen LogP contribution in [0.1, 0.15) is 0 Å². The van der Waals surface area contributed by atoms with Gasteiger partial charge in [-0.2, -0.15) is 0 Å². The lowest BCUT2D eigenvalue weighted by Gasteiger charge is -2.17. The molecule has 0 bridgehead atoms. The normalized spacial score (nSPS) is 11.4. The number of nitro groups is 1. The maximum Gasteiger partial charge on any atom is 0.284 e. The first-order chi connectivity index (χ1) is 6.11. The predicted molar refractivity (Wildman–Crippen MR) is 42.1 cm³/mol. The van der Waals surface area contributed by atoms with Gasteiger partial charge in [-0.05, 0) is 0 Å². The number of hydrazine groups is 1. The summed E-state index contributed by atoms with van der Waals surface area (Å²) in [7, 11) is 1.44. The van der Waals surface area contributed by atoms with Gasteiger partial charge in [-0.3, -0.25) is 5.21 Å². The van der Waals surface area contributed by atoms with E-state index >= 15 is 0 Å². The Morgan fingerprint density at radius 3 is 2.92 bits per heavy atom. The number of methoxy groups -OCH3 is 1. The average molecular weight is 193 g/mol. The van der Waals surface area contributed by atoms with E-state index in [2.05, 4.69) is 9.84 Å². The molecule has 0 heterocycles. The van der Waals surface area contributed by atoms with Gasteiger partial charge in [0.05, 0.1) is 13.2 Å². The standard InChI is InChI=1S/C4H11N5O4/c1-13-3-2-8(7-10)4(5)6-9(11)12/h7,10H,2-3H2,1H3,(H2,5,6). The second-order valence-corrected chi connectivity index (χ2v) is 1.94. The van der Waals surface area contributed by atoms with Gasteiger partial charge in [0, 0.05) is 7.11 Å². The van der Waals surface area contributed by atoms with Crippen molar-refractivity contribution < 1.29 is 15.0 Å². The summed E-state index contributed by atoms with van der Waals surface area (Å²) in [6.07, 6.45) is 0. The molecule has 76 valence electrons. The van der Waals surface area contributed by atoms with Crippen molar-refractivity contribution in [3.05, 3.63) is 10.1 Å². The number of hydrogen-bond acceptors (Lipinski definition) is 5. The van der Waals surface area contributed by atoms with Gasteiger partial charge in [0.25, 0.3) is 5.96 Å². The fourth-order valence-electron chi connectivity index (χ4n) is 0.536. The molecule has 0 aliphatic carbocycles. The number of ether oxygens (including phenoxy) is 1. The molecule has 0 saturated heterocycles. The first-order valence-electron chi connectivity index (χ1n) is 3.26. The summed E-state index contributed by atoms with van der Waals surface area (Å²) >= 11 is 0. The molecule has 0 rings (SSSR count). The van der Waals surface area contributed by atoms with E-state index in [0.717, 1.165) is 5.01 Å². The molecule has 9 nitrogen and oxygen atoms in total. The van der Waals surface area contributed by atoms with E-state index in [9.17, 15) is 10.1 Å². The lowest BCUT2D eigenvalue weighted by Crippen LogP contribution is -2.47. The molecule has 0 amide bonds. The van der Waals surface area contributed by atoms with E-state index in [0.29, 0.717) is 0 Å². The van der Waals surface area contributed by atoms with Crippen LogP contribution in [0.3, 0.4) is 0 Å². The molecule has 4 N–H and O–H groups in total. The topological polar surface area (TPSA) is 126 Å². The van der Waals surface area contributed by atoms with Crippen molar-refractivity contribution >= 4 is 5.96 Å². The average Bonchev–Trinajstić information content (AvgIpc) is 2.04. The Kier molecular flexibility index (Phi) is 5.43. The van der Waals surface area contributed by atoms with Gasteiger partial charge in [0.2, 0.25) is 0 Å². The van der Waals surface area contributed by atoms with Crippen LogP contribution in [0.15, 0.2) is 5.10 Å². The highest BCUT2D eigenvalue weighted by Gasteiger charge is 2.09. The van der Waals surface area contributed by atoms with E-state index in [1.165, 1.54) is 7.11 Å². The highest BCUT2D eigenvalue weighted by Crippen LogP contribution is 1.83. The molecular weight excluding hydrogens is 182 g/mol. The smallest absolute Gasteiger partial charge is 0.284 e. The molecule has 9 heteroatoms. The van der Waals surface area contributed by atoms with Gasteiger partial charge in [-0.15, -0.1) is 5.59 Å². The molecule has 0 aromatic carbocycles. The number of nitrogens with two attached hydrogens (primary N) is 1. The SMILES string of the molecule is COCCN(NO)C(N)=N[N+](=O)[O-]. The lowest BCUT2D eigenvalue weighted by molar-refractivity contribution is -0.486. The molecule has 0 atom stereocenters. The van der Waals surface area contributed by atoms with E-state index in [1.54, 1.807) is 5.59 Å². The number of rotatable bonds is 5. The van der Waals surface area contributed by atoms with Crippen molar-refractivity contribution in [3.8, 4) is 0 Å². The summed E-state index contributed by atoms with van der Waals surface area (Å²) in [6, 6.07) is 0. The summed E-state index contributed by atoms with van der Waals surface area (Å²) in [4.78, 5) is 9.87. The van der Waals surface area contributed by atoms with E-state index in [4.69, 9.17) is 10.9 Å². The number of hydrazone groups is 1. The van der Waals surface area contributed by atoms with Crippen molar-refractivity contribution in [2.75, 3.05) is 20.3 Å². The molecule has 0 aromatic rings.